The van der Waals surface area contributed by atoms with Crippen LogP contribution in [0.25, 0.3) is 0 Å². The zero-order valence-electron chi connectivity index (χ0n) is 12.9. The zero-order valence-corrected chi connectivity index (χ0v) is 13.7. The molecule has 1 heterocycles. The Labute approximate surface area is 142 Å². The van der Waals surface area contributed by atoms with Gasteiger partial charge in [0.2, 0.25) is 0 Å². The molecule has 0 spiro atoms. The van der Waals surface area contributed by atoms with Crippen molar-refractivity contribution in [2.75, 3.05) is 11.9 Å². The minimum absolute atomic E-state index is 0.00319. The molecule has 0 amide bonds. The number of carbonyl (C=O) groups is 2. The summed E-state index contributed by atoms with van der Waals surface area (Å²) < 4.78 is 23.3. The second-order valence-electron chi connectivity index (χ2n) is 4.88. The highest BCUT2D eigenvalue weighted by Crippen LogP contribution is 2.29. The Morgan fingerprint density at radius 2 is 2.12 bits per heavy atom. The van der Waals surface area contributed by atoms with Gasteiger partial charge in [0.15, 0.2) is 6.04 Å². The summed E-state index contributed by atoms with van der Waals surface area (Å²) in [5, 5.41) is 12.1. The number of esters is 1. The fourth-order valence-corrected chi connectivity index (χ4v) is 2.30. The number of rotatable bonds is 6. The molecule has 128 valence electrons. The number of anilines is 1. The van der Waals surface area contributed by atoms with Gasteiger partial charge in [0, 0.05) is 0 Å². The lowest BCUT2D eigenvalue weighted by Gasteiger charge is -2.14. The average molecular weight is 356 g/mol. The molecule has 0 aliphatic heterocycles. The van der Waals surface area contributed by atoms with Gasteiger partial charge in [-0.3, -0.25) is 0 Å². The van der Waals surface area contributed by atoms with Gasteiger partial charge in [-0.2, -0.15) is 0 Å². The van der Waals surface area contributed by atoms with Gasteiger partial charge in [0.25, 0.3) is 0 Å². The molecular weight excluding hydrogens is 341 g/mol. The predicted molar refractivity (Wildman–Crippen MR) is 84.8 cm³/mol. The third-order valence-electron chi connectivity index (χ3n) is 3.19. The van der Waals surface area contributed by atoms with E-state index < -0.39 is 23.8 Å². The van der Waals surface area contributed by atoms with Crippen LogP contribution in [0.2, 0.25) is 5.02 Å². The monoisotopic (exact) mass is 355 g/mol. The Balaban J connectivity index is 2.33. The average Bonchev–Trinajstić information content (AvgIpc) is 2.88. The summed E-state index contributed by atoms with van der Waals surface area (Å²) in [5.41, 5.74) is 0.363. The van der Waals surface area contributed by atoms with Gasteiger partial charge in [-0.15, -0.1) is 0 Å². The Hall–Kier alpha value is -2.54. The molecular formula is C16H15ClFNO5. The standard InChI is InChI=1S/C16H15ClFNO5/c1-3-23-16(22)10-7-13(24-8(10)2)14(15(20)21)19-12-5-4-9(18)6-11(12)17/h4-7,14,19H,3H2,1-2H3,(H,20,21). The van der Waals surface area contributed by atoms with Gasteiger partial charge < -0.3 is 19.6 Å². The lowest BCUT2D eigenvalue weighted by atomic mass is 10.1. The molecule has 8 heteroatoms. The number of hydrogen-bond donors (Lipinski definition) is 2. The molecule has 0 aliphatic carbocycles. The number of benzene rings is 1. The summed E-state index contributed by atoms with van der Waals surface area (Å²) in [6, 6.07) is 3.51. The van der Waals surface area contributed by atoms with E-state index in [1.807, 2.05) is 0 Å². The third-order valence-corrected chi connectivity index (χ3v) is 3.51. The van der Waals surface area contributed by atoms with Crippen LogP contribution in [0, 0.1) is 12.7 Å². The molecule has 0 radical (unpaired) electrons. The summed E-state index contributed by atoms with van der Waals surface area (Å²) in [4.78, 5) is 23.4. The molecule has 2 N–H and O–H groups in total. The van der Waals surface area contributed by atoms with Crippen LogP contribution in [0.5, 0.6) is 0 Å². The van der Waals surface area contributed by atoms with Crippen LogP contribution in [-0.4, -0.2) is 23.7 Å². The molecule has 1 aromatic heterocycles. The lowest BCUT2D eigenvalue weighted by molar-refractivity contribution is -0.138. The molecule has 24 heavy (non-hydrogen) atoms. The first kappa shape index (κ1) is 17.8. The molecule has 0 aliphatic rings. The van der Waals surface area contributed by atoms with Crippen molar-refractivity contribution in [3.63, 3.8) is 0 Å². The highest BCUT2D eigenvalue weighted by atomic mass is 35.5. The van der Waals surface area contributed by atoms with E-state index in [0.29, 0.717) is 0 Å². The van der Waals surface area contributed by atoms with Gasteiger partial charge in [-0.1, -0.05) is 11.6 Å². The van der Waals surface area contributed by atoms with Crippen molar-refractivity contribution in [3.8, 4) is 0 Å². The Morgan fingerprint density at radius 3 is 2.71 bits per heavy atom. The number of carboxylic acids is 1. The summed E-state index contributed by atoms with van der Waals surface area (Å²) >= 11 is 5.89. The van der Waals surface area contributed by atoms with Crippen molar-refractivity contribution in [3.05, 3.63) is 52.2 Å². The van der Waals surface area contributed by atoms with E-state index >= 15 is 0 Å². The topological polar surface area (TPSA) is 88.8 Å². The minimum atomic E-state index is -1.31. The number of carboxylic acid groups (broad SMARTS) is 1. The quantitative estimate of drug-likeness (QED) is 0.766. The molecule has 0 saturated carbocycles. The van der Waals surface area contributed by atoms with Crippen LogP contribution < -0.4 is 5.32 Å². The van der Waals surface area contributed by atoms with Crippen LogP contribution in [-0.2, 0) is 9.53 Å². The maximum atomic E-state index is 13.1. The molecule has 0 fully saturated rings. The third kappa shape index (κ3) is 3.86. The van der Waals surface area contributed by atoms with Crippen molar-refractivity contribution in [1.29, 1.82) is 0 Å². The van der Waals surface area contributed by atoms with E-state index in [0.717, 1.165) is 12.1 Å². The second kappa shape index (κ2) is 7.35. The predicted octanol–water partition coefficient (Wildman–Crippen LogP) is 3.80. The van der Waals surface area contributed by atoms with E-state index in [4.69, 9.17) is 20.8 Å². The maximum Gasteiger partial charge on any atom is 0.341 e. The first-order chi connectivity index (χ1) is 11.3. The molecule has 1 unspecified atom stereocenters. The summed E-state index contributed by atoms with van der Waals surface area (Å²) in [6.07, 6.45) is 0. The smallest absolute Gasteiger partial charge is 0.341 e. The largest absolute Gasteiger partial charge is 0.479 e. The second-order valence-corrected chi connectivity index (χ2v) is 5.29. The van der Waals surface area contributed by atoms with Crippen molar-refractivity contribution >= 4 is 29.2 Å². The van der Waals surface area contributed by atoms with Crippen LogP contribution in [0.4, 0.5) is 10.1 Å². The van der Waals surface area contributed by atoms with Crippen LogP contribution in [0.3, 0.4) is 0 Å². The molecule has 1 atom stereocenters. The van der Waals surface area contributed by atoms with Crippen molar-refractivity contribution < 1.29 is 28.2 Å². The van der Waals surface area contributed by atoms with Gasteiger partial charge in [-0.25, -0.2) is 14.0 Å². The molecule has 0 saturated heterocycles. The minimum Gasteiger partial charge on any atom is -0.479 e. The Bertz CT molecular complexity index is 774. The molecule has 2 aromatic rings. The van der Waals surface area contributed by atoms with Crippen LogP contribution in [0.15, 0.2) is 28.7 Å². The summed E-state index contributed by atoms with van der Waals surface area (Å²) in [7, 11) is 0. The van der Waals surface area contributed by atoms with Gasteiger partial charge in [0.05, 0.1) is 17.3 Å². The maximum absolute atomic E-state index is 13.1. The van der Waals surface area contributed by atoms with E-state index in [1.165, 1.54) is 19.1 Å². The van der Waals surface area contributed by atoms with Crippen LogP contribution in [0.1, 0.15) is 34.8 Å². The zero-order chi connectivity index (χ0) is 17.9. The number of carbonyl (C=O) groups excluding carboxylic acids is 1. The number of aryl methyl sites for hydroxylation is 1. The summed E-state index contributed by atoms with van der Waals surface area (Å²) in [6.45, 7) is 3.37. The van der Waals surface area contributed by atoms with Gasteiger partial charge in [-0.05, 0) is 38.1 Å². The number of aliphatic carboxylic acids is 1. The Morgan fingerprint density at radius 1 is 1.42 bits per heavy atom. The van der Waals surface area contributed by atoms with Crippen molar-refractivity contribution in [2.45, 2.75) is 19.9 Å². The van der Waals surface area contributed by atoms with E-state index in [-0.39, 0.29) is 34.4 Å². The fraction of sp³-hybridized carbons (Fsp3) is 0.250. The highest BCUT2D eigenvalue weighted by Gasteiger charge is 2.27. The number of hydrogen-bond acceptors (Lipinski definition) is 5. The number of ether oxygens (including phenoxy) is 1. The van der Waals surface area contributed by atoms with E-state index in [1.54, 1.807) is 6.92 Å². The SMILES string of the molecule is CCOC(=O)c1cc(C(Nc2ccc(F)cc2Cl)C(=O)O)oc1C. The summed E-state index contributed by atoms with van der Waals surface area (Å²) in [5.74, 6) is -2.16. The number of furan rings is 1. The van der Waals surface area contributed by atoms with Gasteiger partial charge in [0.1, 0.15) is 22.9 Å². The first-order valence-corrected chi connectivity index (χ1v) is 7.43. The van der Waals surface area contributed by atoms with E-state index in [9.17, 15) is 19.1 Å². The number of nitrogens with one attached hydrogen (secondary N) is 1. The Kier molecular flexibility index (Phi) is 5.46. The lowest BCUT2D eigenvalue weighted by Crippen LogP contribution is -2.20. The normalized spacial score (nSPS) is 11.8. The molecule has 2 rings (SSSR count). The number of halogens is 2. The molecule has 6 nitrogen and oxygen atoms in total. The fourth-order valence-electron chi connectivity index (χ4n) is 2.08. The van der Waals surface area contributed by atoms with E-state index in [2.05, 4.69) is 5.32 Å². The first-order valence-electron chi connectivity index (χ1n) is 7.05. The molecule has 0 bridgehead atoms. The highest BCUT2D eigenvalue weighted by molar-refractivity contribution is 6.33. The van der Waals surface area contributed by atoms with Crippen LogP contribution >= 0.6 is 11.6 Å². The van der Waals surface area contributed by atoms with Gasteiger partial charge >= 0.3 is 11.9 Å². The van der Waals surface area contributed by atoms with Crippen molar-refractivity contribution in [2.24, 2.45) is 0 Å². The molecule has 1 aromatic carbocycles. The van der Waals surface area contributed by atoms with Crippen molar-refractivity contribution in [1.82, 2.24) is 0 Å².